The molecule has 2 aromatic rings. The van der Waals surface area contributed by atoms with Gasteiger partial charge in [0.05, 0.1) is 31.1 Å². The number of benzene rings is 1. The lowest BCUT2D eigenvalue weighted by molar-refractivity contribution is -0.134. The molecule has 0 radical (unpaired) electrons. The smallest absolute Gasteiger partial charge is 0.318 e. The lowest BCUT2D eigenvalue weighted by Crippen LogP contribution is -2.50. The number of hydrogen-bond acceptors (Lipinski definition) is 8. The van der Waals surface area contributed by atoms with Gasteiger partial charge in [0.1, 0.15) is 28.6 Å². The highest BCUT2D eigenvalue weighted by molar-refractivity contribution is 6.36. The molecule has 272 valence electrons. The molecule has 1 saturated carbocycles. The van der Waals surface area contributed by atoms with E-state index < -0.39 is 0 Å². The highest BCUT2D eigenvalue weighted by atomic mass is 35.5. The molecule has 1 aromatic heterocycles. The zero-order chi connectivity index (χ0) is 37.2. The van der Waals surface area contributed by atoms with Crippen LogP contribution >= 0.6 is 11.6 Å². The van der Waals surface area contributed by atoms with Crippen molar-refractivity contribution in [1.82, 2.24) is 20.1 Å². The molecule has 1 unspecified atom stereocenters. The highest BCUT2D eigenvalue weighted by Gasteiger charge is 2.41. The first-order chi connectivity index (χ1) is 24.0. The van der Waals surface area contributed by atoms with Crippen molar-refractivity contribution in [2.24, 2.45) is 10.9 Å². The number of carbonyl (C=O) groups is 3. The molecule has 13 heteroatoms. The number of hydrogen-bond donors (Lipinski definition) is 2. The SMILES string of the molecule is C/C=C(/C#N)N=C(C)c1cc(=O)c2ccc(OC)c(Cl)c2[nH]1.CCC.CN1CCCC/C=C\[C@@H]2CC2NC(=O)N2CCC[C@H]2C1=O.COC=O. The van der Waals surface area contributed by atoms with E-state index in [4.69, 9.17) is 26.4 Å². The van der Waals surface area contributed by atoms with Gasteiger partial charge in [-0.15, -0.1) is 0 Å². The number of rotatable bonds is 4. The number of nitrogens with zero attached hydrogens (tertiary/aromatic N) is 4. The second-order valence-corrected chi connectivity index (χ2v) is 12.4. The Labute approximate surface area is 300 Å². The van der Waals surface area contributed by atoms with E-state index in [1.807, 2.05) is 13.1 Å². The third-order valence-corrected chi connectivity index (χ3v) is 8.49. The van der Waals surface area contributed by atoms with E-state index in [0.717, 1.165) is 45.1 Å². The minimum atomic E-state index is -0.259. The Morgan fingerprint density at radius 1 is 1.16 bits per heavy atom. The number of allylic oxidation sites excluding steroid dienone is 3. The van der Waals surface area contributed by atoms with Crippen LogP contribution in [0.15, 0.2) is 51.9 Å². The topological polar surface area (TPSA) is 157 Å². The molecule has 50 heavy (non-hydrogen) atoms. The van der Waals surface area contributed by atoms with Gasteiger partial charge in [0, 0.05) is 37.6 Å². The lowest BCUT2D eigenvalue weighted by atomic mass is 10.1. The van der Waals surface area contributed by atoms with Crippen molar-refractivity contribution >= 4 is 46.6 Å². The molecule has 2 N–H and O–H groups in total. The summed E-state index contributed by atoms with van der Waals surface area (Å²) in [6, 6.07) is 6.66. The average molecular weight is 711 g/mol. The number of carbonyl (C=O) groups excluding carboxylic acids is 3. The summed E-state index contributed by atoms with van der Waals surface area (Å²) < 4.78 is 9.02. The van der Waals surface area contributed by atoms with Gasteiger partial charge >= 0.3 is 6.03 Å². The molecular weight excluding hydrogens is 660 g/mol. The highest BCUT2D eigenvalue weighted by Crippen LogP contribution is 2.33. The standard InChI is InChI=1S/C16H14ClN3O2.C16H25N3O2.C3H8.C2H4O2/c1-4-10(8-18)19-9(2)12-7-13(21)11-5-6-14(22-3)15(17)16(11)20-12;1-18-9-5-3-2-4-7-12-11-13(12)17-16(21)19-10-6-8-14(19)15(18)20;1-3-2;1-4-2-3/h4-7H,1-3H3,(H,20,21);4,7,12-14H,2-3,5-6,8-11H2,1H3,(H,17,21);3H2,1-2H3;2H,1H3/b10-4-,19-9?;7-4-;;/t;12-,13?,14+;;/m.1../s1. The summed E-state index contributed by atoms with van der Waals surface area (Å²) in [7, 11) is 4.68. The number of aromatic amines is 1. The maximum atomic E-state index is 12.5. The van der Waals surface area contributed by atoms with Crippen molar-refractivity contribution in [3.8, 4) is 11.8 Å². The van der Waals surface area contributed by atoms with Crippen LogP contribution in [0.4, 0.5) is 4.79 Å². The van der Waals surface area contributed by atoms with Crippen molar-refractivity contribution < 1.29 is 23.9 Å². The molecule has 1 aromatic carbocycles. The number of aromatic nitrogens is 1. The van der Waals surface area contributed by atoms with E-state index in [9.17, 15) is 14.4 Å². The second-order valence-electron chi connectivity index (χ2n) is 12.1. The Kier molecular flexibility index (Phi) is 17.8. The zero-order valence-electron chi connectivity index (χ0n) is 30.3. The number of H-pyrrole nitrogens is 1. The van der Waals surface area contributed by atoms with Crippen molar-refractivity contribution in [1.29, 1.82) is 5.26 Å². The number of nitriles is 1. The van der Waals surface area contributed by atoms with Crippen LogP contribution in [0, 0.1) is 17.2 Å². The molecule has 3 amide bonds. The number of ether oxygens (including phenoxy) is 2. The number of nitrogens with one attached hydrogen (secondary N) is 2. The Hall–Kier alpha value is -4.63. The summed E-state index contributed by atoms with van der Waals surface area (Å²) >= 11 is 6.25. The molecule has 0 spiro atoms. The minimum Gasteiger partial charge on any atom is -0.495 e. The molecule has 1 aliphatic carbocycles. The maximum absolute atomic E-state index is 12.5. The zero-order valence-corrected chi connectivity index (χ0v) is 31.0. The third-order valence-electron chi connectivity index (χ3n) is 8.11. The number of likely N-dealkylation sites (N-methyl/N-ethyl adjacent to an activating group) is 1. The maximum Gasteiger partial charge on any atom is 0.318 e. The first-order valence-corrected chi connectivity index (χ1v) is 17.4. The van der Waals surface area contributed by atoms with Crippen LogP contribution in [0.3, 0.4) is 0 Å². The molecule has 5 rings (SSSR count). The average Bonchev–Trinajstić information content (AvgIpc) is 3.65. The number of methoxy groups -OCH3 is 2. The summed E-state index contributed by atoms with van der Waals surface area (Å²) in [6.45, 7) is 9.54. The van der Waals surface area contributed by atoms with E-state index in [1.54, 1.807) is 41.9 Å². The molecule has 3 aliphatic rings. The number of pyridine rings is 1. The van der Waals surface area contributed by atoms with Crippen LogP contribution < -0.4 is 15.5 Å². The number of amides is 3. The van der Waals surface area contributed by atoms with E-state index >= 15 is 0 Å². The van der Waals surface area contributed by atoms with E-state index in [0.29, 0.717) is 52.0 Å². The quantitative estimate of drug-likeness (QED) is 0.161. The largest absolute Gasteiger partial charge is 0.495 e. The normalized spacial score (nSPS) is 21.1. The molecule has 12 nitrogen and oxygen atoms in total. The van der Waals surface area contributed by atoms with Crippen LogP contribution in [-0.2, 0) is 14.3 Å². The van der Waals surface area contributed by atoms with Gasteiger partial charge in [-0.2, -0.15) is 5.26 Å². The number of urea groups is 1. The fourth-order valence-electron chi connectivity index (χ4n) is 5.36. The monoisotopic (exact) mass is 710 g/mol. The Morgan fingerprint density at radius 3 is 2.48 bits per heavy atom. The van der Waals surface area contributed by atoms with Crippen LogP contribution in [0.25, 0.3) is 10.9 Å². The molecule has 3 atom stereocenters. The first-order valence-electron chi connectivity index (χ1n) is 17.0. The molecule has 1 saturated heterocycles. The number of halogens is 1. The van der Waals surface area contributed by atoms with Crippen LogP contribution in [0.5, 0.6) is 5.75 Å². The van der Waals surface area contributed by atoms with Gasteiger partial charge in [0.25, 0.3) is 6.47 Å². The van der Waals surface area contributed by atoms with Crippen molar-refractivity contribution in [2.75, 3.05) is 34.4 Å². The van der Waals surface area contributed by atoms with Crippen LogP contribution in [0.2, 0.25) is 5.02 Å². The number of fused-ring (bicyclic) bond motifs is 3. The van der Waals surface area contributed by atoms with Gasteiger partial charge in [-0.1, -0.05) is 50.1 Å². The molecule has 2 fully saturated rings. The van der Waals surface area contributed by atoms with Gasteiger partial charge in [0.15, 0.2) is 5.43 Å². The van der Waals surface area contributed by atoms with Gasteiger partial charge < -0.3 is 29.6 Å². The summed E-state index contributed by atoms with van der Waals surface area (Å²) in [5.41, 5.74) is 1.60. The molecule has 2 aliphatic heterocycles. The third kappa shape index (κ3) is 12.1. The molecule has 3 heterocycles. The predicted molar refractivity (Wildman–Crippen MR) is 198 cm³/mol. The van der Waals surface area contributed by atoms with Gasteiger partial charge in [-0.25, -0.2) is 9.79 Å². The van der Waals surface area contributed by atoms with Gasteiger partial charge in [0.2, 0.25) is 5.91 Å². The summed E-state index contributed by atoms with van der Waals surface area (Å²) in [5.74, 6) is 1.07. The number of aliphatic imine (C=N–C) groups is 1. The summed E-state index contributed by atoms with van der Waals surface area (Å²) in [4.78, 5) is 56.9. The van der Waals surface area contributed by atoms with Gasteiger partial charge in [-0.3, -0.25) is 14.4 Å². The van der Waals surface area contributed by atoms with Crippen molar-refractivity contribution in [3.05, 3.63) is 63.1 Å². The Morgan fingerprint density at radius 2 is 1.86 bits per heavy atom. The fraction of sp³-hybridized carbons (Fsp3) is 0.514. The second kappa shape index (κ2) is 21.5. The summed E-state index contributed by atoms with van der Waals surface area (Å²) in [6.07, 6.45) is 13.3. The minimum absolute atomic E-state index is 0.0581. The Balaban J connectivity index is 0.000000293. The lowest BCUT2D eigenvalue weighted by Gasteiger charge is -2.28. The fourth-order valence-corrected chi connectivity index (χ4v) is 5.65. The van der Waals surface area contributed by atoms with Gasteiger partial charge in [-0.05, 0) is 70.4 Å². The first kappa shape index (κ1) is 41.5. The van der Waals surface area contributed by atoms with E-state index in [-0.39, 0.29) is 35.1 Å². The summed E-state index contributed by atoms with van der Waals surface area (Å²) in [5, 5.41) is 12.8. The van der Waals surface area contributed by atoms with Crippen LogP contribution in [0.1, 0.15) is 78.3 Å². The van der Waals surface area contributed by atoms with E-state index in [1.165, 1.54) is 26.7 Å². The van der Waals surface area contributed by atoms with E-state index in [2.05, 4.69) is 46.0 Å². The van der Waals surface area contributed by atoms with Crippen molar-refractivity contribution in [2.45, 2.75) is 84.7 Å². The van der Waals surface area contributed by atoms with Crippen molar-refractivity contribution in [3.63, 3.8) is 0 Å². The predicted octanol–water partition coefficient (Wildman–Crippen LogP) is 6.38. The molecule has 0 bridgehead atoms. The Bertz CT molecular complexity index is 1650. The van der Waals surface area contributed by atoms with Crippen LogP contribution in [-0.4, -0.2) is 85.3 Å². The molecular formula is C37H51ClN6O6.